The zero-order chi connectivity index (χ0) is 10.8. The van der Waals surface area contributed by atoms with Gasteiger partial charge in [-0.05, 0) is 12.1 Å². The quantitative estimate of drug-likeness (QED) is 0.430. The number of nitrogens with one attached hydrogen (secondary N) is 1. The summed E-state index contributed by atoms with van der Waals surface area (Å²) < 4.78 is 1.53. The molecule has 0 spiro atoms. The van der Waals surface area contributed by atoms with Gasteiger partial charge in [-0.15, -0.1) is 10.2 Å². The Bertz CT molecular complexity index is 464. The Hall–Kier alpha value is -1.95. The molecule has 0 fully saturated rings. The lowest BCUT2D eigenvalue weighted by Crippen LogP contribution is -2.23. The molecule has 2 heterocycles. The molecular weight excluding hydrogens is 194 g/mol. The Balaban J connectivity index is 2.62. The second kappa shape index (κ2) is 3.66. The molecular formula is C9H11N5O. The molecule has 0 aromatic rings. The van der Waals surface area contributed by atoms with Crippen molar-refractivity contribution in [3.63, 3.8) is 0 Å². The van der Waals surface area contributed by atoms with E-state index in [-0.39, 0.29) is 5.78 Å². The lowest BCUT2D eigenvalue weighted by Gasteiger charge is -2.10. The average Bonchev–Trinajstić information content (AvgIpc) is 2.71. The molecule has 78 valence electrons. The summed E-state index contributed by atoms with van der Waals surface area (Å²) in [6.45, 7) is 1.78. The third kappa shape index (κ3) is 1.44. The summed E-state index contributed by atoms with van der Waals surface area (Å²) >= 11 is 0. The molecule has 0 radical (unpaired) electrons. The minimum absolute atomic E-state index is 0.0484. The third-order valence-electron chi connectivity index (χ3n) is 2.18. The van der Waals surface area contributed by atoms with E-state index in [4.69, 9.17) is 5.84 Å². The molecule has 15 heavy (non-hydrogen) atoms. The van der Waals surface area contributed by atoms with Crippen LogP contribution in [0.15, 0.2) is 18.3 Å². The van der Waals surface area contributed by atoms with Crippen LogP contribution in [0, 0.1) is 0 Å². The van der Waals surface area contributed by atoms with Gasteiger partial charge in [-0.25, -0.2) is 10.5 Å². The maximum absolute atomic E-state index is 11.6. The predicted molar refractivity (Wildman–Crippen MR) is 54.8 cm³/mol. The molecule has 0 bridgehead atoms. The molecule has 6 heteroatoms. The number of rotatable bonds is 3. The number of fused-ring (bicyclic) bond motifs is 1. The highest BCUT2D eigenvalue weighted by molar-refractivity contribution is 5.99. The molecule has 2 aliphatic rings. The first-order valence-corrected chi connectivity index (χ1v) is 4.61. The van der Waals surface area contributed by atoms with Crippen molar-refractivity contribution in [2.24, 2.45) is 5.84 Å². The zero-order valence-electron chi connectivity index (χ0n) is 8.27. The number of carbonyl (C=O) groups excluding carboxylic acids is 1. The largest absolute Gasteiger partial charge is 0.292 e. The summed E-state index contributed by atoms with van der Waals surface area (Å²) in [5, 5.41) is 7.77. The van der Waals surface area contributed by atoms with E-state index in [0.29, 0.717) is 23.5 Å². The topological polar surface area (TPSA) is 85.8 Å². The van der Waals surface area contributed by atoms with Crippen LogP contribution in [-0.4, -0.2) is 20.7 Å². The molecule has 0 atom stereocenters. The van der Waals surface area contributed by atoms with Crippen LogP contribution < -0.4 is 11.4 Å². The predicted octanol–water partition coefficient (Wildman–Crippen LogP) is 0.393. The maximum Gasteiger partial charge on any atom is 0.185 e. The summed E-state index contributed by atoms with van der Waals surface area (Å²) in [6, 6.07) is 3.56. The van der Waals surface area contributed by atoms with E-state index in [0.717, 1.165) is 0 Å². The Morgan fingerprint density at radius 1 is 1.60 bits per heavy atom. The van der Waals surface area contributed by atoms with Gasteiger partial charge in [-0.2, -0.15) is 0 Å². The lowest BCUT2D eigenvalue weighted by molar-refractivity contribution is 0.0983. The van der Waals surface area contributed by atoms with E-state index in [1.807, 2.05) is 0 Å². The number of carbonyl (C=O) groups is 1. The molecule has 0 aliphatic carbocycles. The molecule has 2 aliphatic heterocycles. The monoisotopic (exact) mass is 205 g/mol. The number of ketones is 1. The fourth-order valence-electron chi connectivity index (χ4n) is 1.43. The van der Waals surface area contributed by atoms with Crippen molar-refractivity contribution in [3.05, 3.63) is 24.0 Å². The van der Waals surface area contributed by atoms with Crippen LogP contribution >= 0.6 is 0 Å². The molecule has 0 aromatic heterocycles. The molecule has 0 saturated heterocycles. The Morgan fingerprint density at radius 3 is 3.07 bits per heavy atom. The number of aromatic nitrogens is 3. The number of nitrogen functional groups attached to an aromatic ring is 1. The summed E-state index contributed by atoms with van der Waals surface area (Å²) in [4.78, 5) is 11.6. The fourth-order valence-corrected chi connectivity index (χ4v) is 1.43. The Kier molecular flexibility index (Phi) is 2.34. The number of nitrogens with zero attached hydrogens (tertiary/aromatic N) is 3. The number of hydrogen-bond donors (Lipinski definition) is 2. The van der Waals surface area contributed by atoms with Crippen molar-refractivity contribution in [2.75, 3.05) is 5.53 Å². The highest BCUT2D eigenvalue weighted by Crippen LogP contribution is 2.22. The molecule has 0 unspecified atom stereocenters. The first kappa shape index (κ1) is 9.60. The highest BCUT2D eigenvalue weighted by atomic mass is 16.1. The Morgan fingerprint density at radius 2 is 2.40 bits per heavy atom. The van der Waals surface area contributed by atoms with Gasteiger partial charge in [-0.3, -0.25) is 10.3 Å². The summed E-state index contributed by atoms with van der Waals surface area (Å²) in [6.07, 6.45) is 2.10. The highest BCUT2D eigenvalue weighted by Gasteiger charge is 2.20. The number of hydrazine groups is 1. The normalized spacial score (nSPS) is 10.5. The van der Waals surface area contributed by atoms with Crippen LogP contribution in [0.4, 0.5) is 0 Å². The van der Waals surface area contributed by atoms with Crippen LogP contribution in [0.2, 0.25) is 0 Å². The van der Waals surface area contributed by atoms with E-state index >= 15 is 0 Å². The Labute approximate surface area is 86.4 Å². The standard InChI is InChI=1S/C9H11N5O/c1-2-7(15)8-9-6(11-12-8)4-3-5-14(9)13-10/h3-5,13H,2,10H2,1H3. The van der Waals surface area contributed by atoms with Gasteiger partial charge in [0.15, 0.2) is 11.5 Å². The minimum Gasteiger partial charge on any atom is -0.292 e. The van der Waals surface area contributed by atoms with E-state index < -0.39 is 0 Å². The third-order valence-corrected chi connectivity index (χ3v) is 2.18. The second-order valence-electron chi connectivity index (χ2n) is 3.07. The number of hydrogen-bond acceptors (Lipinski definition) is 5. The summed E-state index contributed by atoms with van der Waals surface area (Å²) in [5.41, 5.74) is 4.08. The van der Waals surface area contributed by atoms with E-state index in [1.54, 1.807) is 25.3 Å². The number of pyridine rings is 1. The van der Waals surface area contributed by atoms with Gasteiger partial charge in [0.2, 0.25) is 0 Å². The van der Waals surface area contributed by atoms with Gasteiger partial charge >= 0.3 is 0 Å². The van der Waals surface area contributed by atoms with Crippen molar-refractivity contribution in [2.45, 2.75) is 13.3 Å². The van der Waals surface area contributed by atoms with Crippen molar-refractivity contribution < 1.29 is 4.79 Å². The molecule has 2 rings (SSSR count). The first-order chi connectivity index (χ1) is 7.27. The summed E-state index contributed by atoms with van der Waals surface area (Å²) in [7, 11) is 0. The molecule has 3 N–H and O–H groups in total. The smallest absolute Gasteiger partial charge is 0.185 e. The minimum atomic E-state index is -0.0484. The first-order valence-electron chi connectivity index (χ1n) is 4.61. The van der Waals surface area contributed by atoms with Crippen LogP contribution in [0.25, 0.3) is 11.4 Å². The SMILES string of the molecule is CCC(=O)c1nnc2cccn(NN)c1-2. The summed E-state index contributed by atoms with van der Waals surface area (Å²) in [5.74, 6) is 5.28. The maximum atomic E-state index is 11.6. The van der Waals surface area contributed by atoms with Gasteiger partial charge in [0.1, 0.15) is 11.4 Å². The van der Waals surface area contributed by atoms with E-state index in [2.05, 4.69) is 15.7 Å². The van der Waals surface area contributed by atoms with Crippen molar-refractivity contribution in [1.29, 1.82) is 0 Å². The van der Waals surface area contributed by atoms with Gasteiger partial charge in [0.25, 0.3) is 0 Å². The van der Waals surface area contributed by atoms with Crippen LogP contribution in [0.5, 0.6) is 0 Å². The lowest BCUT2D eigenvalue weighted by atomic mass is 10.1. The second-order valence-corrected chi connectivity index (χ2v) is 3.07. The van der Waals surface area contributed by atoms with Gasteiger partial charge in [0, 0.05) is 12.6 Å². The zero-order valence-corrected chi connectivity index (χ0v) is 8.27. The van der Waals surface area contributed by atoms with Crippen LogP contribution in [0.1, 0.15) is 23.8 Å². The molecule has 0 aromatic carbocycles. The molecule has 0 amide bonds. The number of nitrogens with two attached hydrogens (primary N) is 1. The number of Topliss-reactive ketones (excluding diaryl/α,β-unsaturated/α-hetero) is 1. The van der Waals surface area contributed by atoms with Gasteiger partial charge in [0.05, 0.1) is 0 Å². The van der Waals surface area contributed by atoms with Crippen molar-refractivity contribution >= 4 is 5.78 Å². The van der Waals surface area contributed by atoms with E-state index in [1.165, 1.54) is 4.68 Å². The van der Waals surface area contributed by atoms with Gasteiger partial charge in [-0.1, -0.05) is 6.92 Å². The molecule has 0 saturated carbocycles. The fraction of sp³-hybridized carbons (Fsp3) is 0.222. The van der Waals surface area contributed by atoms with Crippen LogP contribution in [-0.2, 0) is 0 Å². The van der Waals surface area contributed by atoms with Gasteiger partial charge < -0.3 is 0 Å². The van der Waals surface area contributed by atoms with E-state index in [9.17, 15) is 4.79 Å². The molecule has 6 nitrogen and oxygen atoms in total. The average molecular weight is 205 g/mol. The van der Waals surface area contributed by atoms with Crippen LogP contribution in [0.3, 0.4) is 0 Å². The van der Waals surface area contributed by atoms with Crippen molar-refractivity contribution in [1.82, 2.24) is 14.9 Å². The van der Waals surface area contributed by atoms with Crippen molar-refractivity contribution in [3.8, 4) is 11.4 Å².